The van der Waals surface area contributed by atoms with Crippen LogP contribution in [0.5, 0.6) is 0 Å². The Bertz CT molecular complexity index is 838. The van der Waals surface area contributed by atoms with Gasteiger partial charge >= 0.3 is 0 Å². The summed E-state index contributed by atoms with van der Waals surface area (Å²) in [5.41, 5.74) is 6.10. The van der Waals surface area contributed by atoms with E-state index in [0.717, 1.165) is 24.1 Å². The van der Waals surface area contributed by atoms with Gasteiger partial charge in [-0.15, -0.1) is 22.7 Å². The molecule has 1 unspecified atom stereocenters. The average molecular weight is 391 g/mol. The minimum Gasteiger partial charge on any atom is -0.293 e. The molecule has 1 aliphatic carbocycles. The minimum absolute atomic E-state index is 0.0501. The molecular formula is C19H22N2O3S2. The molecule has 2 heterocycles. The predicted molar refractivity (Wildman–Crippen MR) is 104 cm³/mol. The number of fused-ring (bicyclic) bond motifs is 1. The molecule has 0 fully saturated rings. The van der Waals surface area contributed by atoms with E-state index in [2.05, 4.69) is 17.8 Å². The zero-order chi connectivity index (χ0) is 18.7. The number of hydrogen-bond acceptors (Lipinski definition) is 5. The Morgan fingerprint density at radius 3 is 2.65 bits per heavy atom. The lowest BCUT2D eigenvalue weighted by Gasteiger charge is -2.16. The Balaban J connectivity index is 1.45. The van der Waals surface area contributed by atoms with Gasteiger partial charge < -0.3 is 0 Å². The first-order valence-electron chi connectivity index (χ1n) is 8.72. The highest BCUT2D eigenvalue weighted by Crippen LogP contribution is 2.32. The third-order valence-corrected chi connectivity index (χ3v) is 6.74. The van der Waals surface area contributed by atoms with Crippen LogP contribution in [0.15, 0.2) is 18.2 Å². The second-order valence-corrected chi connectivity index (χ2v) is 9.17. The maximum Gasteiger partial charge on any atom is 0.279 e. The molecule has 138 valence electrons. The van der Waals surface area contributed by atoms with Crippen LogP contribution in [-0.2, 0) is 17.6 Å². The predicted octanol–water partition coefficient (Wildman–Crippen LogP) is 3.67. The fourth-order valence-electron chi connectivity index (χ4n) is 3.00. The summed E-state index contributed by atoms with van der Waals surface area (Å²) in [6, 6.07) is 5.60. The van der Waals surface area contributed by atoms with Gasteiger partial charge in [0.05, 0.1) is 9.75 Å². The SMILES string of the molecule is Cc1ccc(C(=O)CCC(=O)NNC(=O)c2cc3c(s2)CCC(C)C3)s1. The number of aryl methyl sites for hydroxylation is 2. The van der Waals surface area contributed by atoms with Crippen LogP contribution in [0.3, 0.4) is 0 Å². The molecular weight excluding hydrogens is 368 g/mol. The summed E-state index contributed by atoms with van der Waals surface area (Å²) in [6.07, 6.45) is 3.37. The number of Topliss-reactive ketones (excluding diaryl/α,β-unsaturated/α-hetero) is 1. The number of amides is 2. The van der Waals surface area contributed by atoms with Crippen LogP contribution in [-0.4, -0.2) is 17.6 Å². The molecule has 0 saturated carbocycles. The maximum absolute atomic E-state index is 12.2. The molecule has 26 heavy (non-hydrogen) atoms. The van der Waals surface area contributed by atoms with Gasteiger partial charge in [-0.1, -0.05) is 6.92 Å². The normalized spacial score (nSPS) is 16.0. The number of thiophene rings is 2. The van der Waals surface area contributed by atoms with Crippen LogP contribution in [0.2, 0.25) is 0 Å². The lowest BCUT2D eigenvalue weighted by Crippen LogP contribution is -2.41. The van der Waals surface area contributed by atoms with E-state index >= 15 is 0 Å². The van der Waals surface area contributed by atoms with Crippen LogP contribution >= 0.6 is 22.7 Å². The van der Waals surface area contributed by atoms with Gasteiger partial charge in [0.15, 0.2) is 5.78 Å². The van der Waals surface area contributed by atoms with Gasteiger partial charge in [0, 0.05) is 22.6 Å². The van der Waals surface area contributed by atoms with E-state index < -0.39 is 0 Å². The van der Waals surface area contributed by atoms with Crippen molar-refractivity contribution < 1.29 is 14.4 Å². The van der Waals surface area contributed by atoms with Gasteiger partial charge in [-0.25, -0.2) is 0 Å². The monoisotopic (exact) mass is 390 g/mol. The Labute approximate surface area is 160 Å². The lowest BCUT2D eigenvalue weighted by molar-refractivity contribution is -0.121. The first kappa shape index (κ1) is 18.8. The molecule has 0 aliphatic heterocycles. The van der Waals surface area contributed by atoms with Gasteiger partial charge in [0.25, 0.3) is 5.91 Å². The number of rotatable bonds is 5. The molecule has 2 amide bonds. The Morgan fingerprint density at radius 2 is 1.92 bits per heavy atom. The Morgan fingerprint density at radius 1 is 1.12 bits per heavy atom. The minimum atomic E-state index is -0.366. The molecule has 2 aromatic heterocycles. The maximum atomic E-state index is 12.2. The number of hydrazine groups is 1. The van der Waals surface area contributed by atoms with Crippen molar-refractivity contribution >= 4 is 40.3 Å². The summed E-state index contributed by atoms with van der Waals surface area (Å²) in [4.78, 5) is 39.7. The largest absolute Gasteiger partial charge is 0.293 e. The van der Waals surface area contributed by atoms with E-state index in [1.54, 1.807) is 6.07 Å². The van der Waals surface area contributed by atoms with Gasteiger partial charge in [0.2, 0.25) is 5.91 Å². The van der Waals surface area contributed by atoms with Crippen molar-refractivity contribution in [2.24, 2.45) is 5.92 Å². The highest BCUT2D eigenvalue weighted by molar-refractivity contribution is 7.14. The molecule has 0 spiro atoms. The molecule has 1 atom stereocenters. The third-order valence-electron chi connectivity index (χ3n) is 4.46. The van der Waals surface area contributed by atoms with Crippen molar-refractivity contribution in [3.8, 4) is 0 Å². The number of nitrogens with one attached hydrogen (secondary N) is 2. The zero-order valence-electron chi connectivity index (χ0n) is 14.9. The standard InChI is InChI=1S/C19H22N2O3S2/c1-11-3-6-15-13(9-11)10-17(26-15)19(24)21-20-18(23)8-5-14(22)16-7-4-12(2)25-16/h4,7,10-11H,3,5-6,8-9H2,1-2H3,(H,20,23)(H,21,24). The smallest absolute Gasteiger partial charge is 0.279 e. The van der Waals surface area contributed by atoms with Gasteiger partial charge in [-0.05, 0) is 55.9 Å². The van der Waals surface area contributed by atoms with E-state index in [0.29, 0.717) is 15.7 Å². The first-order chi connectivity index (χ1) is 12.4. The summed E-state index contributed by atoms with van der Waals surface area (Å²) >= 11 is 2.93. The highest BCUT2D eigenvalue weighted by atomic mass is 32.1. The quantitative estimate of drug-likeness (QED) is 0.604. The van der Waals surface area contributed by atoms with Gasteiger partial charge in [-0.2, -0.15) is 0 Å². The van der Waals surface area contributed by atoms with Crippen molar-refractivity contribution in [1.29, 1.82) is 0 Å². The molecule has 5 nitrogen and oxygen atoms in total. The second kappa shape index (κ2) is 8.14. The molecule has 0 radical (unpaired) electrons. The van der Waals surface area contributed by atoms with Gasteiger partial charge in [-0.3, -0.25) is 25.2 Å². The van der Waals surface area contributed by atoms with E-state index in [-0.39, 0.29) is 30.4 Å². The van der Waals surface area contributed by atoms with Crippen molar-refractivity contribution in [2.45, 2.75) is 46.0 Å². The van der Waals surface area contributed by atoms with Crippen LogP contribution < -0.4 is 10.9 Å². The summed E-state index contributed by atoms with van der Waals surface area (Å²) in [5.74, 6) is -0.0671. The Kier molecular flexibility index (Phi) is 5.88. The molecule has 0 bridgehead atoms. The molecule has 7 heteroatoms. The molecule has 1 aliphatic rings. The van der Waals surface area contributed by atoms with Crippen molar-refractivity contribution in [3.05, 3.63) is 43.3 Å². The van der Waals surface area contributed by atoms with Crippen molar-refractivity contribution in [3.63, 3.8) is 0 Å². The van der Waals surface area contributed by atoms with Crippen LogP contribution in [0.1, 0.15) is 60.8 Å². The van der Waals surface area contributed by atoms with Gasteiger partial charge in [0.1, 0.15) is 0 Å². The van der Waals surface area contributed by atoms with E-state index in [1.807, 2.05) is 19.1 Å². The summed E-state index contributed by atoms with van der Waals surface area (Å²) in [6.45, 7) is 4.16. The lowest BCUT2D eigenvalue weighted by atomic mass is 9.90. The number of ketones is 1. The highest BCUT2D eigenvalue weighted by Gasteiger charge is 2.21. The second-order valence-electron chi connectivity index (χ2n) is 6.74. The van der Waals surface area contributed by atoms with E-state index in [9.17, 15) is 14.4 Å². The van der Waals surface area contributed by atoms with Crippen molar-refractivity contribution in [2.75, 3.05) is 0 Å². The number of hydrogen-bond donors (Lipinski definition) is 2. The van der Waals surface area contributed by atoms with E-state index in [4.69, 9.17) is 0 Å². The van der Waals surface area contributed by atoms with Crippen molar-refractivity contribution in [1.82, 2.24) is 10.9 Å². The summed E-state index contributed by atoms with van der Waals surface area (Å²) < 4.78 is 0. The summed E-state index contributed by atoms with van der Waals surface area (Å²) in [7, 11) is 0. The topological polar surface area (TPSA) is 75.3 Å². The first-order valence-corrected chi connectivity index (χ1v) is 10.4. The molecule has 0 saturated heterocycles. The fourth-order valence-corrected chi connectivity index (χ4v) is 4.94. The Hall–Kier alpha value is -1.99. The molecule has 0 aromatic carbocycles. The molecule has 2 aromatic rings. The number of carbonyl (C=O) groups is 3. The molecule has 3 rings (SSSR count). The average Bonchev–Trinajstić information content (AvgIpc) is 3.23. The van der Waals surface area contributed by atoms with Crippen LogP contribution in [0.25, 0.3) is 0 Å². The fraction of sp³-hybridized carbons (Fsp3) is 0.421. The zero-order valence-corrected chi connectivity index (χ0v) is 16.5. The van der Waals surface area contributed by atoms with E-state index in [1.165, 1.54) is 33.1 Å². The van der Waals surface area contributed by atoms with Crippen LogP contribution in [0.4, 0.5) is 0 Å². The number of carbonyl (C=O) groups excluding carboxylic acids is 3. The van der Waals surface area contributed by atoms with Crippen LogP contribution in [0, 0.1) is 12.8 Å². The summed E-state index contributed by atoms with van der Waals surface area (Å²) in [5, 5.41) is 0. The molecule has 2 N–H and O–H groups in total. The third kappa shape index (κ3) is 4.59.